The van der Waals surface area contributed by atoms with Crippen molar-refractivity contribution in [3.05, 3.63) is 29.8 Å². The van der Waals surface area contributed by atoms with E-state index in [0.717, 1.165) is 50.2 Å². The zero-order valence-electron chi connectivity index (χ0n) is 13.1. The van der Waals surface area contributed by atoms with Crippen LogP contribution in [0, 0.1) is 0 Å². The highest BCUT2D eigenvalue weighted by Gasteiger charge is 2.32. The molecule has 0 amide bonds. The Morgan fingerprint density at radius 1 is 1.19 bits per heavy atom. The van der Waals surface area contributed by atoms with Gasteiger partial charge in [0, 0.05) is 6.54 Å². The van der Waals surface area contributed by atoms with Crippen LogP contribution in [0.15, 0.2) is 24.3 Å². The number of nitrogens with zero attached hydrogens (tertiary/aromatic N) is 1. The summed E-state index contributed by atoms with van der Waals surface area (Å²) in [4.78, 5) is 2.47. The van der Waals surface area contributed by atoms with Crippen molar-refractivity contribution in [3.8, 4) is 5.75 Å². The molecule has 1 aliphatic carbocycles. The lowest BCUT2D eigenvalue weighted by atomic mass is 9.87. The van der Waals surface area contributed by atoms with Gasteiger partial charge < -0.3 is 14.7 Å². The van der Waals surface area contributed by atoms with Gasteiger partial charge in [0.25, 0.3) is 0 Å². The fourth-order valence-electron chi connectivity index (χ4n) is 3.23. The minimum absolute atomic E-state index is 0.430. The van der Waals surface area contributed by atoms with Crippen molar-refractivity contribution in [1.82, 2.24) is 4.90 Å². The number of likely N-dealkylation sites (tertiary alicyclic amines) is 1. The highest BCUT2D eigenvalue weighted by atomic mass is 16.5. The zero-order chi connectivity index (χ0) is 14.7. The maximum atomic E-state index is 11.0. The molecule has 3 rings (SSSR count). The second-order valence-corrected chi connectivity index (χ2v) is 6.57. The van der Waals surface area contributed by atoms with Crippen LogP contribution in [0.1, 0.15) is 51.0 Å². The second kappa shape index (κ2) is 6.37. The predicted octanol–water partition coefficient (Wildman–Crippen LogP) is 3.31. The Morgan fingerprint density at radius 2 is 1.95 bits per heavy atom. The average Bonchev–Trinajstić information content (AvgIpc) is 3.30. The van der Waals surface area contributed by atoms with Gasteiger partial charge in [-0.3, -0.25) is 0 Å². The Kier molecular flexibility index (Phi) is 4.51. The largest absolute Gasteiger partial charge is 0.490 e. The smallest absolute Gasteiger partial charge is 0.119 e. The maximum absolute atomic E-state index is 11.0. The van der Waals surface area contributed by atoms with Gasteiger partial charge in [-0.25, -0.2) is 0 Å². The average molecular weight is 289 g/mol. The SMILES string of the molecule is CCCN1CCCC(O)(c2ccc(OC3CC3)cc2)CC1. The van der Waals surface area contributed by atoms with Crippen LogP contribution in [0.2, 0.25) is 0 Å². The molecule has 1 saturated heterocycles. The van der Waals surface area contributed by atoms with E-state index in [-0.39, 0.29) is 0 Å². The molecule has 3 nitrogen and oxygen atoms in total. The zero-order valence-corrected chi connectivity index (χ0v) is 13.1. The Balaban J connectivity index is 1.65. The monoisotopic (exact) mass is 289 g/mol. The molecule has 116 valence electrons. The van der Waals surface area contributed by atoms with E-state index in [9.17, 15) is 5.11 Å². The Labute approximate surface area is 127 Å². The van der Waals surface area contributed by atoms with Crippen molar-refractivity contribution in [2.24, 2.45) is 0 Å². The highest BCUT2D eigenvalue weighted by Crippen LogP contribution is 2.34. The lowest BCUT2D eigenvalue weighted by Gasteiger charge is -2.27. The third-order valence-corrected chi connectivity index (χ3v) is 4.66. The van der Waals surface area contributed by atoms with Gasteiger partial charge in [-0.15, -0.1) is 0 Å². The first kappa shape index (κ1) is 14.9. The molecule has 1 aromatic rings. The summed E-state index contributed by atoms with van der Waals surface area (Å²) in [5, 5.41) is 11.0. The summed E-state index contributed by atoms with van der Waals surface area (Å²) < 4.78 is 5.78. The number of hydrogen-bond donors (Lipinski definition) is 1. The number of rotatable bonds is 5. The third-order valence-electron chi connectivity index (χ3n) is 4.66. The Morgan fingerprint density at radius 3 is 2.62 bits per heavy atom. The van der Waals surface area contributed by atoms with Gasteiger partial charge in [0.05, 0.1) is 11.7 Å². The molecule has 1 saturated carbocycles. The van der Waals surface area contributed by atoms with Crippen molar-refractivity contribution >= 4 is 0 Å². The molecule has 0 bridgehead atoms. The third kappa shape index (κ3) is 3.78. The molecular formula is C18H27NO2. The van der Waals surface area contributed by atoms with E-state index in [0.29, 0.717) is 6.10 Å². The predicted molar refractivity (Wildman–Crippen MR) is 84.6 cm³/mol. The van der Waals surface area contributed by atoms with Crippen LogP contribution in [0.5, 0.6) is 5.75 Å². The van der Waals surface area contributed by atoms with Crippen LogP contribution in [0.25, 0.3) is 0 Å². The van der Waals surface area contributed by atoms with Gasteiger partial charge in [-0.1, -0.05) is 19.1 Å². The Bertz CT molecular complexity index is 455. The first-order valence-electron chi connectivity index (χ1n) is 8.41. The van der Waals surface area contributed by atoms with Gasteiger partial charge in [0.2, 0.25) is 0 Å². The normalized spacial score (nSPS) is 27.3. The van der Waals surface area contributed by atoms with E-state index in [1.54, 1.807) is 0 Å². The van der Waals surface area contributed by atoms with E-state index >= 15 is 0 Å². The van der Waals surface area contributed by atoms with Gasteiger partial charge in [-0.2, -0.15) is 0 Å². The molecule has 3 heteroatoms. The van der Waals surface area contributed by atoms with Crippen molar-refractivity contribution < 1.29 is 9.84 Å². The van der Waals surface area contributed by atoms with E-state index in [4.69, 9.17) is 4.74 Å². The quantitative estimate of drug-likeness (QED) is 0.902. The molecule has 1 atom stereocenters. The summed E-state index contributed by atoms with van der Waals surface area (Å²) in [5.74, 6) is 0.936. The Hall–Kier alpha value is -1.06. The number of aliphatic hydroxyl groups is 1. The fraction of sp³-hybridized carbons (Fsp3) is 0.667. The molecule has 1 unspecified atom stereocenters. The second-order valence-electron chi connectivity index (χ2n) is 6.57. The van der Waals surface area contributed by atoms with Crippen molar-refractivity contribution in [1.29, 1.82) is 0 Å². The molecule has 0 aromatic heterocycles. The van der Waals surface area contributed by atoms with E-state index in [1.807, 2.05) is 24.3 Å². The van der Waals surface area contributed by atoms with Gasteiger partial charge in [0.15, 0.2) is 0 Å². The van der Waals surface area contributed by atoms with Crippen LogP contribution < -0.4 is 4.74 Å². The summed E-state index contributed by atoms with van der Waals surface area (Å²) >= 11 is 0. The first-order valence-corrected chi connectivity index (χ1v) is 8.41. The maximum Gasteiger partial charge on any atom is 0.119 e. The van der Waals surface area contributed by atoms with Crippen LogP contribution in [-0.4, -0.2) is 35.7 Å². The van der Waals surface area contributed by atoms with Crippen LogP contribution in [-0.2, 0) is 5.60 Å². The van der Waals surface area contributed by atoms with E-state index in [1.165, 1.54) is 19.3 Å². The number of benzene rings is 1. The first-order chi connectivity index (χ1) is 10.2. The summed E-state index contributed by atoms with van der Waals surface area (Å²) in [5.41, 5.74) is 0.379. The van der Waals surface area contributed by atoms with Crippen molar-refractivity contribution in [2.75, 3.05) is 19.6 Å². The molecule has 1 aromatic carbocycles. The molecular weight excluding hydrogens is 262 g/mol. The molecule has 0 spiro atoms. The fourth-order valence-corrected chi connectivity index (χ4v) is 3.23. The van der Waals surface area contributed by atoms with Gasteiger partial charge in [-0.05, 0) is 69.3 Å². The molecule has 2 aliphatic rings. The lowest BCUT2D eigenvalue weighted by Crippen LogP contribution is -2.29. The summed E-state index contributed by atoms with van der Waals surface area (Å²) in [6.07, 6.45) is 6.73. The molecule has 0 radical (unpaired) electrons. The van der Waals surface area contributed by atoms with Gasteiger partial charge in [0.1, 0.15) is 5.75 Å². The molecule has 1 aliphatic heterocycles. The minimum atomic E-state index is -0.666. The number of ether oxygens (including phenoxy) is 1. The van der Waals surface area contributed by atoms with Crippen molar-refractivity contribution in [3.63, 3.8) is 0 Å². The standard InChI is InChI=1S/C18H27NO2/c1-2-12-19-13-3-10-18(20,11-14-19)15-4-6-16(7-5-15)21-17-8-9-17/h4-7,17,20H,2-3,8-14H2,1H3. The van der Waals surface area contributed by atoms with E-state index < -0.39 is 5.60 Å². The summed E-state index contributed by atoms with van der Waals surface area (Å²) in [7, 11) is 0. The van der Waals surface area contributed by atoms with E-state index in [2.05, 4.69) is 11.8 Å². The molecule has 2 fully saturated rings. The summed E-state index contributed by atoms with van der Waals surface area (Å²) in [6, 6.07) is 8.13. The van der Waals surface area contributed by atoms with Crippen LogP contribution >= 0.6 is 0 Å². The number of hydrogen-bond acceptors (Lipinski definition) is 3. The molecule has 21 heavy (non-hydrogen) atoms. The summed E-state index contributed by atoms with van der Waals surface area (Å²) in [6.45, 7) is 5.46. The minimum Gasteiger partial charge on any atom is -0.490 e. The molecule has 1 N–H and O–H groups in total. The molecule has 1 heterocycles. The van der Waals surface area contributed by atoms with Crippen LogP contribution in [0.4, 0.5) is 0 Å². The highest BCUT2D eigenvalue weighted by molar-refractivity contribution is 5.31. The topological polar surface area (TPSA) is 32.7 Å². The van der Waals surface area contributed by atoms with Crippen LogP contribution in [0.3, 0.4) is 0 Å². The van der Waals surface area contributed by atoms with Crippen molar-refractivity contribution in [2.45, 2.75) is 57.2 Å². The lowest BCUT2D eigenvalue weighted by molar-refractivity contribution is 0.0212. The van der Waals surface area contributed by atoms with Gasteiger partial charge >= 0.3 is 0 Å².